The van der Waals surface area contributed by atoms with Gasteiger partial charge in [0.1, 0.15) is 17.5 Å². The number of fused-ring (bicyclic) bond motifs is 1. The Morgan fingerprint density at radius 1 is 1.46 bits per heavy atom. The predicted octanol–water partition coefficient (Wildman–Crippen LogP) is 0.454. The third-order valence-electron chi connectivity index (χ3n) is 4.45. The highest BCUT2D eigenvalue weighted by molar-refractivity contribution is 8.01. The average molecular weight is 359 g/mol. The summed E-state index contributed by atoms with van der Waals surface area (Å²) in [6, 6.07) is -1.70. The number of hydrogen-bond donors (Lipinski definition) is 2. The summed E-state index contributed by atoms with van der Waals surface area (Å²) in [5, 5.41) is 22.3. The van der Waals surface area contributed by atoms with Gasteiger partial charge in [0, 0.05) is 36.4 Å². The Hall–Kier alpha value is -1.84. The zero-order valence-electron chi connectivity index (χ0n) is 13.9. The second-order valence-corrected chi connectivity index (χ2v) is 8.98. The van der Waals surface area contributed by atoms with E-state index >= 15 is 0 Å². The monoisotopic (exact) mass is 359 g/mol. The lowest BCUT2D eigenvalue weighted by atomic mass is 9.95. The van der Waals surface area contributed by atoms with E-state index in [0.29, 0.717) is 0 Å². The Morgan fingerprint density at radius 3 is 2.54 bits per heavy atom. The molecule has 2 saturated heterocycles. The number of nitrogens with one attached hydrogen (secondary N) is 1. The number of carboxylic acid groups (broad SMARTS) is 1. The molecule has 9 nitrogen and oxygen atoms in total. The lowest BCUT2D eigenvalue weighted by Gasteiger charge is -2.43. The molecule has 2 fully saturated rings. The van der Waals surface area contributed by atoms with Crippen molar-refractivity contribution in [3.8, 4) is 0 Å². The predicted molar refractivity (Wildman–Crippen MR) is 86.0 cm³/mol. The first kappa shape index (κ1) is 18.5. The number of β-lactam (4-membered cyclic amide) rings is 1. The summed E-state index contributed by atoms with van der Waals surface area (Å²) in [6.07, 6.45) is -0.0155. The highest BCUT2D eigenvalue weighted by atomic mass is 32.2. The molecular formula is C14H21N3O6S. The third kappa shape index (κ3) is 3.06. The van der Waals surface area contributed by atoms with Crippen LogP contribution in [0.3, 0.4) is 0 Å². The summed E-state index contributed by atoms with van der Waals surface area (Å²) in [5.41, 5.74) is -1.22. The van der Waals surface area contributed by atoms with Crippen molar-refractivity contribution in [3.05, 3.63) is 10.1 Å². The lowest BCUT2D eigenvalue weighted by molar-refractivity contribution is -0.561. The standard InChI is InChI=1S/C14H21N3O6S/c1-13(2,17(22)23)6-5-7(18)15-8-10(19)16-9(12(20)21)14(3,4)24-11(8)16/h8-9,11H,5-6H2,1-4H3,(H,15,18)(H,20,21)/t8-,9+,11-/m1/s1. The molecule has 10 heteroatoms. The Kier molecular flexibility index (Phi) is 4.55. The number of carbonyl (C=O) groups excluding carboxylic acids is 2. The normalized spacial score (nSPS) is 28.1. The Morgan fingerprint density at radius 2 is 2.04 bits per heavy atom. The van der Waals surface area contributed by atoms with Gasteiger partial charge in [-0.2, -0.15) is 0 Å². The number of amides is 2. The van der Waals surface area contributed by atoms with Gasteiger partial charge in [-0.15, -0.1) is 11.8 Å². The Bertz CT molecular complexity index is 605. The molecule has 0 aromatic heterocycles. The van der Waals surface area contributed by atoms with Crippen molar-refractivity contribution in [1.82, 2.24) is 10.2 Å². The fraction of sp³-hybridized carbons (Fsp3) is 0.786. The first-order chi connectivity index (χ1) is 10.9. The van der Waals surface area contributed by atoms with Crippen LogP contribution in [-0.2, 0) is 14.4 Å². The van der Waals surface area contributed by atoms with E-state index in [4.69, 9.17) is 0 Å². The molecule has 0 aromatic rings. The van der Waals surface area contributed by atoms with E-state index in [1.54, 1.807) is 13.8 Å². The van der Waals surface area contributed by atoms with Crippen LogP contribution < -0.4 is 5.32 Å². The molecule has 0 saturated carbocycles. The largest absolute Gasteiger partial charge is 0.480 e. The number of thioether (sulfide) groups is 1. The van der Waals surface area contributed by atoms with Crippen molar-refractivity contribution in [2.75, 3.05) is 0 Å². The summed E-state index contributed by atoms with van der Waals surface area (Å²) < 4.78 is -0.654. The number of carbonyl (C=O) groups is 3. The van der Waals surface area contributed by atoms with Crippen molar-refractivity contribution in [1.29, 1.82) is 0 Å². The molecule has 2 aliphatic heterocycles. The summed E-state index contributed by atoms with van der Waals surface area (Å²) in [5.74, 6) is -1.94. The summed E-state index contributed by atoms with van der Waals surface area (Å²) >= 11 is 1.34. The first-order valence-electron chi connectivity index (χ1n) is 7.55. The van der Waals surface area contributed by atoms with E-state index in [1.807, 2.05) is 0 Å². The van der Waals surface area contributed by atoms with Crippen molar-refractivity contribution < 1.29 is 24.4 Å². The van der Waals surface area contributed by atoms with Crippen LogP contribution >= 0.6 is 11.8 Å². The van der Waals surface area contributed by atoms with E-state index in [2.05, 4.69) is 5.32 Å². The van der Waals surface area contributed by atoms with Crippen LogP contribution in [0.5, 0.6) is 0 Å². The Balaban J connectivity index is 1.97. The molecule has 0 spiro atoms. The van der Waals surface area contributed by atoms with Crippen LogP contribution in [-0.4, -0.2) is 60.5 Å². The molecule has 0 bridgehead atoms. The second kappa shape index (κ2) is 5.91. The SMILES string of the molecule is CC1(C)S[C@@H]2[C@H](NC(=O)CCC(C)(C)[N+](=O)[O-])C(=O)N2[C@H]1C(=O)O. The number of carboxylic acids is 1. The summed E-state index contributed by atoms with van der Waals surface area (Å²) in [6.45, 7) is 6.37. The maximum Gasteiger partial charge on any atom is 0.327 e. The minimum atomic E-state index is -1.22. The molecule has 0 unspecified atom stereocenters. The van der Waals surface area contributed by atoms with Gasteiger partial charge in [-0.3, -0.25) is 19.7 Å². The summed E-state index contributed by atoms with van der Waals surface area (Å²) in [4.78, 5) is 47.3. The summed E-state index contributed by atoms with van der Waals surface area (Å²) in [7, 11) is 0. The van der Waals surface area contributed by atoms with Crippen LogP contribution in [0.25, 0.3) is 0 Å². The number of aliphatic carboxylic acids is 1. The van der Waals surface area contributed by atoms with Gasteiger partial charge in [0.2, 0.25) is 17.4 Å². The third-order valence-corrected chi connectivity index (χ3v) is 6.02. The topological polar surface area (TPSA) is 130 Å². The molecule has 2 rings (SSSR count). The minimum Gasteiger partial charge on any atom is -0.480 e. The fourth-order valence-corrected chi connectivity index (χ4v) is 4.53. The Labute approximate surface area is 143 Å². The lowest BCUT2D eigenvalue weighted by Crippen LogP contribution is -2.70. The van der Waals surface area contributed by atoms with Crippen LogP contribution in [0.2, 0.25) is 0 Å². The first-order valence-corrected chi connectivity index (χ1v) is 8.43. The number of nitrogens with zero attached hydrogens (tertiary/aromatic N) is 2. The molecule has 0 aromatic carbocycles. The molecule has 3 atom stereocenters. The molecule has 0 radical (unpaired) electrons. The van der Waals surface area contributed by atoms with Gasteiger partial charge in [-0.25, -0.2) is 4.79 Å². The van der Waals surface area contributed by atoms with Crippen LogP contribution in [0.1, 0.15) is 40.5 Å². The molecule has 2 amide bonds. The average Bonchev–Trinajstić information content (AvgIpc) is 2.71. The number of rotatable bonds is 6. The van der Waals surface area contributed by atoms with Crippen molar-refractivity contribution in [3.63, 3.8) is 0 Å². The van der Waals surface area contributed by atoms with Crippen molar-refractivity contribution >= 4 is 29.5 Å². The maximum atomic E-state index is 12.2. The molecule has 2 aliphatic rings. The minimum absolute atomic E-state index is 0.0531. The number of nitro groups is 1. The van der Waals surface area contributed by atoms with Gasteiger partial charge in [-0.1, -0.05) is 0 Å². The van der Waals surface area contributed by atoms with E-state index in [0.717, 1.165) is 0 Å². The molecular weight excluding hydrogens is 338 g/mol. The van der Waals surface area contributed by atoms with Gasteiger partial charge in [-0.05, 0) is 13.8 Å². The van der Waals surface area contributed by atoms with E-state index in [1.165, 1.54) is 30.5 Å². The van der Waals surface area contributed by atoms with Crippen LogP contribution in [0.15, 0.2) is 0 Å². The second-order valence-electron chi connectivity index (χ2n) is 7.21. The van der Waals surface area contributed by atoms with Gasteiger partial charge < -0.3 is 15.3 Å². The van der Waals surface area contributed by atoms with E-state index in [-0.39, 0.29) is 12.8 Å². The zero-order valence-corrected chi connectivity index (χ0v) is 14.8. The van der Waals surface area contributed by atoms with Gasteiger partial charge in [0.15, 0.2) is 0 Å². The molecule has 2 N–H and O–H groups in total. The van der Waals surface area contributed by atoms with Gasteiger partial charge in [0.25, 0.3) is 0 Å². The molecule has 0 aliphatic carbocycles. The van der Waals surface area contributed by atoms with Gasteiger partial charge in [0.05, 0.1) is 0 Å². The van der Waals surface area contributed by atoms with Gasteiger partial charge >= 0.3 is 5.97 Å². The van der Waals surface area contributed by atoms with Crippen LogP contribution in [0.4, 0.5) is 0 Å². The van der Waals surface area contributed by atoms with Crippen LogP contribution in [0, 0.1) is 10.1 Å². The number of hydrogen-bond acceptors (Lipinski definition) is 6. The fourth-order valence-electron chi connectivity index (χ4n) is 2.90. The highest BCUT2D eigenvalue weighted by Crippen LogP contribution is 2.50. The molecule has 24 heavy (non-hydrogen) atoms. The van der Waals surface area contributed by atoms with E-state index in [9.17, 15) is 29.6 Å². The smallest absolute Gasteiger partial charge is 0.327 e. The zero-order chi connectivity index (χ0) is 18.4. The van der Waals surface area contributed by atoms with E-state index < -0.39 is 50.5 Å². The van der Waals surface area contributed by atoms with Crippen molar-refractivity contribution in [2.45, 2.75) is 68.3 Å². The quantitative estimate of drug-likeness (QED) is 0.400. The van der Waals surface area contributed by atoms with Crippen molar-refractivity contribution in [2.24, 2.45) is 0 Å². The highest BCUT2D eigenvalue weighted by Gasteiger charge is 2.64. The maximum absolute atomic E-state index is 12.2. The molecule has 2 heterocycles. The molecule has 134 valence electrons.